The second kappa shape index (κ2) is 11.2. The highest BCUT2D eigenvalue weighted by Crippen LogP contribution is 2.17. The van der Waals surface area contributed by atoms with Crippen LogP contribution in [0.4, 0.5) is 0 Å². The van der Waals surface area contributed by atoms with E-state index in [1.807, 2.05) is 69.3 Å². The van der Waals surface area contributed by atoms with Gasteiger partial charge in [0, 0.05) is 12.0 Å². The molecule has 0 radical (unpaired) electrons. The van der Waals surface area contributed by atoms with Crippen LogP contribution >= 0.6 is 0 Å². The van der Waals surface area contributed by atoms with Gasteiger partial charge in [-0.1, -0.05) is 42.2 Å². The van der Waals surface area contributed by atoms with Crippen LogP contribution in [0, 0.1) is 18.8 Å². The van der Waals surface area contributed by atoms with Crippen LogP contribution in [0.5, 0.6) is 5.75 Å². The molecule has 0 bridgehead atoms. The number of carbonyl (C=O) groups is 1. The van der Waals surface area contributed by atoms with Crippen LogP contribution in [0.1, 0.15) is 37.5 Å². The fourth-order valence-corrected chi connectivity index (χ4v) is 2.69. The molecule has 2 aromatic carbocycles. The molecule has 0 aliphatic rings. The first-order valence-corrected chi connectivity index (χ1v) is 9.58. The Bertz CT molecular complexity index is 830. The lowest BCUT2D eigenvalue weighted by molar-refractivity contribution is -0.159. The molecule has 4 heteroatoms. The van der Waals surface area contributed by atoms with E-state index in [9.17, 15) is 4.79 Å². The van der Waals surface area contributed by atoms with E-state index in [2.05, 4.69) is 11.8 Å². The Balaban J connectivity index is 1.99. The maximum Gasteiger partial charge on any atom is 0.335 e. The number of carbonyl (C=O) groups excluding carboxylic acids is 1. The van der Waals surface area contributed by atoms with E-state index in [1.54, 1.807) is 6.92 Å². The molecule has 1 unspecified atom stereocenters. The van der Waals surface area contributed by atoms with Gasteiger partial charge in [0.05, 0.1) is 12.7 Å². The molecule has 0 aliphatic heterocycles. The minimum absolute atomic E-state index is 0.0643. The summed E-state index contributed by atoms with van der Waals surface area (Å²) in [6, 6.07) is 15.6. The van der Waals surface area contributed by atoms with Gasteiger partial charge in [0.1, 0.15) is 12.4 Å². The van der Waals surface area contributed by atoms with E-state index in [4.69, 9.17) is 14.2 Å². The van der Waals surface area contributed by atoms with E-state index in [0.717, 1.165) is 16.7 Å². The van der Waals surface area contributed by atoms with Crippen LogP contribution < -0.4 is 4.74 Å². The lowest BCUT2D eigenvalue weighted by Gasteiger charge is -2.19. The van der Waals surface area contributed by atoms with Crippen molar-refractivity contribution in [2.75, 3.05) is 13.2 Å². The van der Waals surface area contributed by atoms with Crippen LogP contribution in [0.25, 0.3) is 0 Å². The Morgan fingerprint density at radius 1 is 1.11 bits per heavy atom. The number of benzene rings is 2. The Kier molecular flexibility index (Phi) is 8.58. The second-order valence-electron chi connectivity index (χ2n) is 6.68. The first-order chi connectivity index (χ1) is 13.5. The van der Waals surface area contributed by atoms with Crippen molar-refractivity contribution in [1.82, 2.24) is 0 Å². The van der Waals surface area contributed by atoms with Gasteiger partial charge in [-0.3, -0.25) is 0 Å². The Morgan fingerprint density at radius 2 is 1.89 bits per heavy atom. The van der Waals surface area contributed by atoms with Gasteiger partial charge < -0.3 is 14.2 Å². The van der Waals surface area contributed by atoms with Gasteiger partial charge in [0.2, 0.25) is 0 Å². The van der Waals surface area contributed by atoms with Crippen molar-refractivity contribution in [3.63, 3.8) is 0 Å². The zero-order valence-electron chi connectivity index (χ0n) is 17.0. The average molecular weight is 380 g/mol. The molecule has 0 fully saturated rings. The van der Waals surface area contributed by atoms with Crippen molar-refractivity contribution in [2.45, 2.75) is 46.3 Å². The van der Waals surface area contributed by atoms with Crippen molar-refractivity contribution in [1.29, 1.82) is 0 Å². The summed E-state index contributed by atoms with van der Waals surface area (Å²) < 4.78 is 16.6. The summed E-state index contributed by atoms with van der Waals surface area (Å²) in [4.78, 5) is 12.1. The number of rotatable bonds is 8. The number of hydrogen-bond donors (Lipinski definition) is 0. The van der Waals surface area contributed by atoms with Gasteiger partial charge in [-0.15, -0.1) is 0 Å². The molecule has 0 heterocycles. The summed E-state index contributed by atoms with van der Waals surface area (Å²) in [5.74, 6) is 6.54. The highest BCUT2D eigenvalue weighted by Gasteiger charge is 2.22. The van der Waals surface area contributed by atoms with Crippen LogP contribution in [0.2, 0.25) is 0 Å². The topological polar surface area (TPSA) is 44.8 Å². The Hall–Kier alpha value is -2.77. The molecule has 2 aromatic rings. The molecule has 0 aromatic heterocycles. The zero-order valence-corrected chi connectivity index (χ0v) is 17.0. The summed E-state index contributed by atoms with van der Waals surface area (Å²) in [6.45, 7) is 8.25. The van der Waals surface area contributed by atoms with Crippen molar-refractivity contribution < 1.29 is 19.0 Å². The van der Waals surface area contributed by atoms with Gasteiger partial charge >= 0.3 is 5.97 Å². The second-order valence-corrected chi connectivity index (χ2v) is 6.68. The third-order valence-electron chi connectivity index (χ3n) is 3.98. The smallest absolute Gasteiger partial charge is 0.335 e. The highest BCUT2D eigenvalue weighted by atomic mass is 16.6. The minimum atomic E-state index is -0.629. The third-order valence-corrected chi connectivity index (χ3v) is 3.98. The molecule has 4 nitrogen and oxygen atoms in total. The first kappa shape index (κ1) is 21.5. The predicted octanol–water partition coefficient (Wildman–Crippen LogP) is 4.32. The SMILES string of the molecule is CCOC(=O)C(Cc1cccc(OCC#Cc2ccccc2C)c1)OC(C)C. The highest BCUT2D eigenvalue weighted by molar-refractivity contribution is 5.75. The number of aryl methyl sites for hydroxylation is 1. The molecule has 1 atom stereocenters. The molecule has 0 amide bonds. The normalized spacial score (nSPS) is 11.5. The summed E-state index contributed by atoms with van der Waals surface area (Å²) in [5, 5.41) is 0. The molecule has 148 valence electrons. The zero-order chi connectivity index (χ0) is 20.4. The van der Waals surface area contributed by atoms with E-state index < -0.39 is 6.10 Å². The minimum Gasteiger partial charge on any atom is -0.481 e. The van der Waals surface area contributed by atoms with Gasteiger partial charge in [-0.25, -0.2) is 4.79 Å². The van der Waals surface area contributed by atoms with Gasteiger partial charge in [0.25, 0.3) is 0 Å². The van der Waals surface area contributed by atoms with Crippen LogP contribution in [0.15, 0.2) is 48.5 Å². The molecule has 0 aliphatic carbocycles. The standard InChI is InChI=1S/C24H28O4/c1-5-26-24(25)23(28-18(2)3)17-20-11-8-14-22(16-20)27-15-9-13-21-12-7-6-10-19(21)4/h6-8,10-12,14,16,18,23H,5,15,17H2,1-4H3. The number of esters is 1. The Morgan fingerprint density at radius 3 is 2.61 bits per heavy atom. The lowest BCUT2D eigenvalue weighted by Crippen LogP contribution is -2.31. The van der Waals surface area contributed by atoms with Crippen molar-refractivity contribution in [3.8, 4) is 17.6 Å². The van der Waals surface area contributed by atoms with E-state index in [1.165, 1.54) is 0 Å². The molecule has 0 saturated carbocycles. The largest absolute Gasteiger partial charge is 0.481 e. The molecule has 0 saturated heterocycles. The lowest BCUT2D eigenvalue weighted by atomic mass is 10.1. The fourth-order valence-electron chi connectivity index (χ4n) is 2.69. The van der Waals surface area contributed by atoms with E-state index in [0.29, 0.717) is 25.4 Å². The molecule has 2 rings (SSSR count). The molecule has 28 heavy (non-hydrogen) atoms. The number of hydrogen-bond acceptors (Lipinski definition) is 4. The van der Waals surface area contributed by atoms with Gasteiger partial charge in [0.15, 0.2) is 6.10 Å². The van der Waals surface area contributed by atoms with Crippen LogP contribution in [-0.4, -0.2) is 31.4 Å². The van der Waals surface area contributed by atoms with Gasteiger partial charge in [-0.2, -0.15) is 0 Å². The van der Waals surface area contributed by atoms with Crippen LogP contribution in [0.3, 0.4) is 0 Å². The molecular weight excluding hydrogens is 352 g/mol. The van der Waals surface area contributed by atoms with E-state index >= 15 is 0 Å². The number of ether oxygens (including phenoxy) is 3. The van der Waals surface area contributed by atoms with Gasteiger partial charge in [-0.05, 0) is 57.0 Å². The van der Waals surface area contributed by atoms with Crippen molar-refractivity contribution >= 4 is 5.97 Å². The third kappa shape index (κ3) is 7.09. The molecule has 0 spiro atoms. The van der Waals surface area contributed by atoms with E-state index in [-0.39, 0.29) is 12.1 Å². The first-order valence-electron chi connectivity index (χ1n) is 9.58. The molecular formula is C24H28O4. The molecule has 0 N–H and O–H groups in total. The maximum atomic E-state index is 12.1. The van der Waals surface area contributed by atoms with Crippen molar-refractivity contribution in [2.24, 2.45) is 0 Å². The summed E-state index contributed by atoms with van der Waals surface area (Å²) in [5.41, 5.74) is 3.10. The predicted molar refractivity (Wildman–Crippen MR) is 110 cm³/mol. The summed E-state index contributed by atoms with van der Waals surface area (Å²) >= 11 is 0. The van der Waals surface area contributed by atoms with Crippen LogP contribution in [-0.2, 0) is 20.7 Å². The monoisotopic (exact) mass is 380 g/mol. The average Bonchev–Trinajstić information content (AvgIpc) is 2.66. The fraction of sp³-hybridized carbons (Fsp3) is 0.375. The quantitative estimate of drug-likeness (QED) is 0.505. The summed E-state index contributed by atoms with van der Waals surface area (Å²) in [6.07, 6.45) is -0.259. The van der Waals surface area contributed by atoms with Crippen molar-refractivity contribution in [3.05, 3.63) is 65.2 Å². The Labute approximate surface area is 167 Å². The maximum absolute atomic E-state index is 12.1. The summed E-state index contributed by atoms with van der Waals surface area (Å²) in [7, 11) is 0.